The fourth-order valence-corrected chi connectivity index (χ4v) is 2.71. The number of hydrogen-bond acceptors (Lipinski definition) is 4. The van der Waals surface area contributed by atoms with Gasteiger partial charge >= 0.3 is 0 Å². The number of likely N-dealkylation sites (N-methyl/N-ethyl adjacent to an activating group) is 1. The van der Waals surface area contributed by atoms with E-state index in [0.29, 0.717) is 0 Å². The van der Waals surface area contributed by atoms with Gasteiger partial charge in [0.25, 0.3) is 0 Å². The molecule has 1 aliphatic rings. The number of ether oxygens (including phenoxy) is 1. The zero-order valence-electron chi connectivity index (χ0n) is 12.6. The van der Waals surface area contributed by atoms with Gasteiger partial charge in [0.05, 0.1) is 0 Å². The molecule has 0 aliphatic carbocycles. The van der Waals surface area contributed by atoms with Gasteiger partial charge in [-0.05, 0) is 39.9 Å². The molecule has 0 aromatic rings. The molecule has 18 heavy (non-hydrogen) atoms. The van der Waals surface area contributed by atoms with Gasteiger partial charge in [-0.3, -0.25) is 0 Å². The largest absolute Gasteiger partial charge is 0.382 e. The average Bonchev–Trinajstić information content (AvgIpc) is 2.69. The van der Waals surface area contributed by atoms with Gasteiger partial charge in [-0.15, -0.1) is 0 Å². The number of nitrogens with zero attached hydrogens (tertiary/aromatic N) is 2. The first-order valence-electron chi connectivity index (χ1n) is 7.32. The highest BCUT2D eigenvalue weighted by Crippen LogP contribution is 2.19. The van der Waals surface area contributed by atoms with Gasteiger partial charge in [0.2, 0.25) is 0 Å². The Morgan fingerprint density at radius 3 is 2.67 bits per heavy atom. The van der Waals surface area contributed by atoms with Gasteiger partial charge in [-0.1, -0.05) is 6.92 Å². The van der Waals surface area contributed by atoms with Crippen molar-refractivity contribution >= 4 is 0 Å². The molecule has 1 rings (SSSR count). The molecule has 4 heteroatoms. The Hall–Kier alpha value is -0.160. The zero-order valence-corrected chi connectivity index (χ0v) is 12.6. The molecule has 2 unspecified atom stereocenters. The summed E-state index contributed by atoms with van der Waals surface area (Å²) in [5, 5.41) is 3.49. The van der Waals surface area contributed by atoms with Gasteiger partial charge in [-0.25, -0.2) is 0 Å². The number of likely N-dealkylation sites (tertiary alicyclic amines) is 1. The minimum atomic E-state index is 0.725. The van der Waals surface area contributed by atoms with Crippen molar-refractivity contribution in [1.82, 2.24) is 15.1 Å². The highest BCUT2D eigenvalue weighted by Gasteiger charge is 2.30. The summed E-state index contributed by atoms with van der Waals surface area (Å²) >= 11 is 0. The van der Waals surface area contributed by atoms with Crippen molar-refractivity contribution in [3.05, 3.63) is 0 Å². The smallest absolute Gasteiger partial charge is 0.0477 e. The molecule has 0 radical (unpaired) electrons. The third-order valence-corrected chi connectivity index (χ3v) is 3.76. The first kappa shape index (κ1) is 15.9. The molecule has 0 amide bonds. The SMILES string of the molecule is CCOCCCNCCN1CC(C)C(N(C)C)C1. The maximum absolute atomic E-state index is 5.31. The molecular formula is C14H31N3O. The Bertz CT molecular complexity index is 211. The van der Waals surface area contributed by atoms with Crippen molar-refractivity contribution in [3.8, 4) is 0 Å². The fraction of sp³-hybridized carbons (Fsp3) is 1.00. The average molecular weight is 257 g/mol. The van der Waals surface area contributed by atoms with Crippen LogP contribution in [0.2, 0.25) is 0 Å². The van der Waals surface area contributed by atoms with E-state index >= 15 is 0 Å². The van der Waals surface area contributed by atoms with E-state index in [4.69, 9.17) is 4.74 Å². The summed E-state index contributed by atoms with van der Waals surface area (Å²) < 4.78 is 5.31. The van der Waals surface area contributed by atoms with E-state index in [1.54, 1.807) is 0 Å². The lowest BCUT2D eigenvalue weighted by molar-refractivity contribution is 0.144. The summed E-state index contributed by atoms with van der Waals surface area (Å²) in [6.45, 7) is 11.9. The molecule has 0 aromatic carbocycles. The number of nitrogens with one attached hydrogen (secondary N) is 1. The molecule has 4 nitrogen and oxygen atoms in total. The molecule has 1 fully saturated rings. The Morgan fingerprint density at radius 2 is 2.06 bits per heavy atom. The highest BCUT2D eigenvalue weighted by molar-refractivity contribution is 4.86. The Kier molecular flexibility index (Phi) is 7.82. The normalized spacial score (nSPS) is 25.2. The van der Waals surface area contributed by atoms with Crippen molar-refractivity contribution in [2.75, 3.05) is 60.0 Å². The zero-order chi connectivity index (χ0) is 13.4. The van der Waals surface area contributed by atoms with Crippen LogP contribution in [0.3, 0.4) is 0 Å². The van der Waals surface area contributed by atoms with Crippen molar-refractivity contribution in [1.29, 1.82) is 0 Å². The Balaban J connectivity index is 2.00. The molecule has 0 aromatic heterocycles. The number of rotatable bonds is 9. The van der Waals surface area contributed by atoms with Crippen molar-refractivity contribution in [3.63, 3.8) is 0 Å². The van der Waals surface area contributed by atoms with E-state index in [9.17, 15) is 0 Å². The van der Waals surface area contributed by atoms with E-state index in [1.165, 1.54) is 19.6 Å². The standard InChI is InChI=1S/C14H31N3O/c1-5-18-10-6-7-15-8-9-17-11-13(2)14(12-17)16(3)4/h13-15H,5-12H2,1-4H3. The van der Waals surface area contributed by atoms with E-state index in [1.807, 2.05) is 6.92 Å². The number of hydrogen-bond donors (Lipinski definition) is 1. The van der Waals surface area contributed by atoms with E-state index < -0.39 is 0 Å². The second-order valence-electron chi connectivity index (χ2n) is 5.57. The van der Waals surface area contributed by atoms with Crippen LogP contribution in [0, 0.1) is 5.92 Å². The summed E-state index contributed by atoms with van der Waals surface area (Å²) in [6, 6.07) is 0.725. The predicted octanol–water partition coefficient (Wildman–Crippen LogP) is 0.885. The quantitative estimate of drug-likeness (QED) is 0.621. The van der Waals surface area contributed by atoms with E-state index in [2.05, 4.69) is 36.1 Å². The summed E-state index contributed by atoms with van der Waals surface area (Å²) in [5.74, 6) is 0.790. The Morgan fingerprint density at radius 1 is 1.28 bits per heavy atom. The Labute approximate surface area is 113 Å². The topological polar surface area (TPSA) is 27.7 Å². The molecular weight excluding hydrogens is 226 g/mol. The van der Waals surface area contributed by atoms with Gasteiger partial charge < -0.3 is 19.9 Å². The lowest BCUT2D eigenvalue weighted by Gasteiger charge is -2.22. The van der Waals surface area contributed by atoms with E-state index in [0.717, 1.165) is 44.7 Å². The first-order valence-corrected chi connectivity index (χ1v) is 7.32. The van der Waals surface area contributed by atoms with Crippen LogP contribution in [0.25, 0.3) is 0 Å². The van der Waals surface area contributed by atoms with E-state index in [-0.39, 0.29) is 0 Å². The lowest BCUT2D eigenvalue weighted by Crippen LogP contribution is -2.36. The summed E-state index contributed by atoms with van der Waals surface area (Å²) in [7, 11) is 4.38. The second-order valence-corrected chi connectivity index (χ2v) is 5.57. The fourth-order valence-electron chi connectivity index (χ4n) is 2.71. The molecule has 1 saturated heterocycles. The third kappa shape index (κ3) is 5.65. The van der Waals surface area contributed by atoms with Crippen LogP contribution in [0.5, 0.6) is 0 Å². The van der Waals surface area contributed by atoms with Gasteiger partial charge in [-0.2, -0.15) is 0 Å². The van der Waals surface area contributed by atoms with Crippen LogP contribution in [0.15, 0.2) is 0 Å². The molecule has 2 atom stereocenters. The summed E-state index contributed by atoms with van der Waals surface area (Å²) in [5.41, 5.74) is 0. The summed E-state index contributed by atoms with van der Waals surface area (Å²) in [6.07, 6.45) is 1.12. The minimum absolute atomic E-state index is 0.725. The van der Waals surface area contributed by atoms with Crippen LogP contribution < -0.4 is 5.32 Å². The first-order chi connectivity index (χ1) is 8.65. The van der Waals surface area contributed by atoms with Crippen LogP contribution in [-0.2, 0) is 4.74 Å². The third-order valence-electron chi connectivity index (χ3n) is 3.76. The van der Waals surface area contributed by atoms with Gasteiger partial charge in [0.15, 0.2) is 0 Å². The van der Waals surface area contributed by atoms with Crippen molar-refractivity contribution in [2.24, 2.45) is 5.92 Å². The van der Waals surface area contributed by atoms with Crippen molar-refractivity contribution < 1.29 is 4.74 Å². The molecule has 1 heterocycles. The molecule has 1 N–H and O–H groups in total. The van der Waals surface area contributed by atoms with Crippen LogP contribution >= 0.6 is 0 Å². The van der Waals surface area contributed by atoms with Crippen molar-refractivity contribution in [2.45, 2.75) is 26.3 Å². The molecule has 0 saturated carbocycles. The maximum Gasteiger partial charge on any atom is 0.0477 e. The molecule has 1 aliphatic heterocycles. The van der Waals surface area contributed by atoms with Crippen LogP contribution in [0.1, 0.15) is 20.3 Å². The molecule has 0 spiro atoms. The predicted molar refractivity (Wildman–Crippen MR) is 77.1 cm³/mol. The monoisotopic (exact) mass is 257 g/mol. The van der Waals surface area contributed by atoms with Crippen LogP contribution in [0.4, 0.5) is 0 Å². The minimum Gasteiger partial charge on any atom is -0.382 e. The van der Waals surface area contributed by atoms with Gasteiger partial charge in [0, 0.05) is 45.4 Å². The molecule has 0 bridgehead atoms. The molecule has 108 valence electrons. The second kappa shape index (κ2) is 8.86. The maximum atomic E-state index is 5.31. The summed E-state index contributed by atoms with van der Waals surface area (Å²) in [4.78, 5) is 4.94. The highest BCUT2D eigenvalue weighted by atomic mass is 16.5. The lowest BCUT2D eigenvalue weighted by atomic mass is 10.1. The van der Waals surface area contributed by atoms with Crippen LogP contribution in [-0.4, -0.2) is 75.9 Å². The van der Waals surface area contributed by atoms with Gasteiger partial charge in [0.1, 0.15) is 0 Å².